The van der Waals surface area contributed by atoms with Crippen LogP contribution in [0.4, 0.5) is 0 Å². The molecule has 0 atom stereocenters. The first-order valence-corrected chi connectivity index (χ1v) is 10.9. The topological polar surface area (TPSA) is 69.2 Å². The third-order valence-electron chi connectivity index (χ3n) is 5.18. The van der Waals surface area contributed by atoms with Crippen LogP contribution in [0.2, 0.25) is 5.02 Å². The second kappa shape index (κ2) is 11.3. The van der Waals surface area contributed by atoms with E-state index in [1.807, 2.05) is 31.3 Å². The molecule has 3 rings (SSSR count). The van der Waals surface area contributed by atoms with E-state index in [1.165, 1.54) is 0 Å². The fourth-order valence-corrected chi connectivity index (χ4v) is 3.44. The maximum absolute atomic E-state index is 11.7. The summed E-state index contributed by atoms with van der Waals surface area (Å²) < 4.78 is 5.79. The van der Waals surface area contributed by atoms with Crippen molar-refractivity contribution in [1.29, 1.82) is 0 Å². The first-order valence-electron chi connectivity index (χ1n) is 10.5. The van der Waals surface area contributed by atoms with Gasteiger partial charge in [0.2, 0.25) is 5.91 Å². The third-order valence-corrected chi connectivity index (χ3v) is 5.43. The summed E-state index contributed by atoms with van der Waals surface area (Å²) in [5.41, 5.74) is 0. The Morgan fingerprint density at radius 3 is 2.59 bits per heavy atom. The molecule has 1 aromatic carbocycles. The zero-order valence-corrected chi connectivity index (χ0v) is 18.0. The molecule has 0 radical (unpaired) electrons. The number of guanidine groups is 1. The summed E-state index contributed by atoms with van der Waals surface area (Å²) in [4.78, 5) is 20.8. The zero-order chi connectivity index (χ0) is 20.5. The number of ether oxygens (including phenoxy) is 1. The Bertz CT molecular complexity index is 670. The van der Waals surface area contributed by atoms with Crippen LogP contribution in [0.1, 0.15) is 25.7 Å². The zero-order valence-electron chi connectivity index (χ0n) is 17.2. The van der Waals surface area contributed by atoms with E-state index in [0.29, 0.717) is 19.1 Å². The fourth-order valence-electron chi connectivity index (χ4n) is 3.32. The SMILES string of the molecule is CN=C(NCCCC(=O)NC1CC1)N1CCN(CCOc2ccc(Cl)cc2)CC1. The van der Waals surface area contributed by atoms with E-state index in [9.17, 15) is 4.79 Å². The van der Waals surface area contributed by atoms with Gasteiger partial charge >= 0.3 is 0 Å². The van der Waals surface area contributed by atoms with Crippen LogP contribution in [0.5, 0.6) is 5.75 Å². The molecule has 7 nitrogen and oxygen atoms in total. The molecule has 0 bridgehead atoms. The van der Waals surface area contributed by atoms with Crippen molar-refractivity contribution in [2.45, 2.75) is 31.7 Å². The summed E-state index contributed by atoms with van der Waals surface area (Å²) in [6.45, 7) is 6.16. The number of hydrogen-bond acceptors (Lipinski definition) is 4. The predicted molar refractivity (Wildman–Crippen MR) is 117 cm³/mol. The summed E-state index contributed by atoms with van der Waals surface area (Å²) in [6, 6.07) is 7.91. The van der Waals surface area contributed by atoms with E-state index in [0.717, 1.165) is 75.3 Å². The molecule has 2 fully saturated rings. The van der Waals surface area contributed by atoms with Crippen molar-refractivity contribution in [3.05, 3.63) is 29.3 Å². The van der Waals surface area contributed by atoms with Gasteiger partial charge in [-0.25, -0.2) is 0 Å². The molecule has 0 unspecified atom stereocenters. The molecule has 1 heterocycles. The Balaban J connectivity index is 1.27. The predicted octanol–water partition coefficient (Wildman–Crippen LogP) is 1.97. The lowest BCUT2D eigenvalue weighted by atomic mass is 10.3. The number of benzene rings is 1. The van der Waals surface area contributed by atoms with Crippen LogP contribution in [0.15, 0.2) is 29.3 Å². The molecular formula is C21H32ClN5O2. The Kier molecular flexibility index (Phi) is 8.43. The van der Waals surface area contributed by atoms with Gasteiger partial charge in [0.1, 0.15) is 12.4 Å². The van der Waals surface area contributed by atoms with Crippen molar-refractivity contribution >= 4 is 23.5 Å². The van der Waals surface area contributed by atoms with Crippen LogP contribution >= 0.6 is 11.6 Å². The highest BCUT2D eigenvalue weighted by atomic mass is 35.5. The lowest BCUT2D eigenvalue weighted by Gasteiger charge is -2.36. The van der Waals surface area contributed by atoms with Gasteiger partial charge in [-0.1, -0.05) is 11.6 Å². The van der Waals surface area contributed by atoms with Crippen LogP contribution in [0.3, 0.4) is 0 Å². The molecule has 1 saturated carbocycles. The maximum atomic E-state index is 11.7. The highest BCUT2D eigenvalue weighted by Crippen LogP contribution is 2.18. The minimum absolute atomic E-state index is 0.165. The largest absolute Gasteiger partial charge is 0.492 e. The van der Waals surface area contributed by atoms with Crippen LogP contribution in [0, 0.1) is 0 Å². The maximum Gasteiger partial charge on any atom is 0.220 e. The van der Waals surface area contributed by atoms with E-state index in [2.05, 4.69) is 25.4 Å². The summed E-state index contributed by atoms with van der Waals surface area (Å²) in [6.07, 6.45) is 3.66. The third kappa shape index (κ3) is 7.74. The van der Waals surface area contributed by atoms with Crippen LogP contribution in [0.25, 0.3) is 0 Å². The van der Waals surface area contributed by atoms with Gasteiger partial charge in [0.25, 0.3) is 0 Å². The molecular weight excluding hydrogens is 390 g/mol. The highest BCUT2D eigenvalue weighted by Gasteiger charge is 2.23. The Morgan fingerprint density at radius 2 is 1.93 bits per heavy atom. The van der Waals surface area contributed by atoms with Crippen molar-refractivity contribution in [3.63, 3.8) is 0 Å². The second-order valence-corrected chi connectivity index (χ2v) is 7.99. The van der Waals surface area contributed by atoms with Gasteiger partial charge in [-0.3, -0.25) is 14.7 Å². The van der Waals surface area contributed by atoms with E-state index < -0.39 is 0 Å². The molecule has 2 aliphatic rings. The first-order chi connectivity index (χ1) is 14.1. The number of carbonyl (C=O) groups excluding carboxylic acids is 1. The molecule has 1 aliphatic heterocycles. The summed E-state index contributed by atoms with van der Waals surface area (Å²) in [7, 11) is 1.81. The number of nitrogens with one attached hydrogen (secondary N) is 2. The molecule has 1 aromatic rings. The van der Waals surface area contributed by atoms with Crippen LogP contribution in [-0.4, -0.2) is 80.6 Å². The number of rotatable bonds is 9. The normalized spacial score (nSPS) is 17.9. The van der Waals surface area contributed by atoms with Gasteiger partial charge in [-0.05, 0) is 43.5 Å². The van der Waals surface area contributed by atoms with Crippen molar-refractivity contribution in [3.8, 4) is 5.75 Å². The molecule has 1 amide bonds. The number of hydrogen-bond donors (Lipinski definition) is 2. The smallest absolute Gasteiger partial charge is 0.220 e. The number of aliphatic imine (C=N–C) groups is 1. The van der Waals surface area contributed by atoms with Crippen LogP contribution in [-0.2, 0) is 4.79 Å². The summed E-state index contributed by atoms with van der Waals surface area (Å²) >= 11 is 5.89. The molecule has 0 aromatic heterocycles. The molecule has 1 aliphatic carbocycles. The molecule has 29 heavy (non-hydrogen) atoms. The number of halogens is 1. The monoisotopic (exact) mass is 421 g/mol. The number of piperazine rings is 1. The standard InChI is InChI=1S/C21H32ClN5O2/c1-23-21(24-10-2-3-20(28)25-18-6-7-18)27-13-11-26(12-14-27)15-16-29-19-8-4-17(22)5-9-19/h4-5,8-9,18H,2-3,6-7,10-16H2,1H3,(H,23,24)(H,25,28). The fraction of sp³-hybridized carbons (Fsp3) is 0.619. The summed E-state index contributed by atoms with van der Waals surface area (Å²) in [5.74, 6) is 1.94. The lowest BCUT2D eigenvalue weighted by Crippen LogP contribution is -2.53. The Morgan fingerprint density at radius 1 is 1.21 bits per heavy atom. The van der Waals surface area contributed by atoms with Crippen molar-refractivity contribution in [2.24, 2.45) is 4.99 Å². The Labute approximate surface area is 178 Å². The van der Waals surface area contributed by atoms with Crippen LogP contribution < -0.4 is 15.4 Å². The first kappa shape index (κ1) is 21.7. The molecule has 160 valence electrons. The molecule has 0 spiro atoms. The lowest BCUT2D eigenvalue weighted by molar-refractivity contribution is -0.121. The molecule has 1 saturated heterocycles. The van der Waals surface area contributed by atoms with Crippen molar-refractivity contribution < 1.29 is 9.53 Å². The average Bonchev–Trinajstić information content (AvgIpc) is 3.54. The summed E-state index contributed by atoms with van der Waals surface area (Å²) in [5, 5.41) is 7.13. The van der Waals surface area contributed by atoms with Gasteiger partial charge in [-0.15, -0.1) is 0 Å². The van der Waals surface area contributed by atoms with Gasteiger partial charge in [-0.2, -0.15) is 0 Å². The number of nitrogens with zero attached hydrogens (tertiary/aromatic N) is 3. The number of carbonyl (C=O) groups is 1. The minimum atomic E-state index is 0.165. The number of amides is 1. The Hall–Kier alpha value is -1.99. The van der Waals surface area contributed by atoms with Gasteiger partial charge in [0.05, 0.1) is 0 Å². The quantitative estimate of drug-likeness (QED) is 0.362. The van der Waals surface area contributed by atoms with E-state index >= 15 is 0 Å². The van der Waals surface area contributed by atoms with E-state index in [1.54, 1.807) is 0 Å². The van der Waals surface area contributed by atoms with E-state index in [4.69, 9.17) is 16.3 Å². The molecule has 8 heteroatoms. The van der Waals surface area contributed by atoms with Gasteiger partial charge in [0, 0.05) is 63.8 Å². The van der Waals surface area contributed by atoms with Gasteiger partial charge in [0.15, 0.2) is 5.96 Å². The second-order valence-electron chi connectivity index (χ2n) is 7.55. The van der Waals surface area contributed by atoms with Crippen molar-refractivity contribution in [1.82, 2.24) is 20.4 Å². The molecule has 2 N–H and O–H groups in total. The minimum Gasteiger partial charge on any atom is -0.492 e. The van der Waals surface area contributed by atoms with E-state index in [-0.39, 0.29) is 5.91 Å². The van der Waals surface area contributed by atoms with Crippen molar-refractivity contribution in [2.75, 3.05) is 52.9 Å². The highest BCUT2D eigenvalue weighted by molar-refractivity contribution is 6.30. The van der Waals surface area contributed by atoms with Gasteiger partial charge < -0.3 is 20.3 Å². The average molecular weight is 422 g/mol.